The molecule has 0 bridgehead atoms. The molecule has 0 saturated heterocycles. The van der Waals surface area contributed by atoms with E-state index in [0.29, 0.717) is 11.4 Å². The van der Waals surface area contributed by atoms with Crippen molar-refractivity contribution in [3.63, 3.8) is 0 Å². The molecule has 1 aromatic rings. The Kier molecular flexibility index (Phi) is 3.02. The molecule has 0 aliphatic carbocycles. The van der Waals surface area contributed by atoms with Gasteiger partial charge in [-0.3, -0.25) is 0 Å². The third kappa shape index (κ3) is 1.74. The van der Waals surface area contributed by atoms with Crippen LogP contribution in [0.2, 0.25) is 0 Å². The van der Waals surface area contributed by atoms with Crippen molar-refractivity contribution in [2.75, 3.05) is 20.0 Å². The molecule has 0 aliphatic heterocycles. The van der Waals surface area contributed by atoms with Crippen LogP contribution in [-0.4, -0.2) is 14.2 Å². The van der Waals surface area contributed by atoms with E-state index >= 15 is 0 Å². The monoisotopic (exact) mass is 279 g/mol. The first kappa shape index (κ1) is 9.44. The maximum absolute atomic E-state index is 5.62. The molecule has 0 aliphatic rings. The lowest BCUT2D eigenvalue weighted by Crippen LogP contribution is -1.95. The van der Waals surface area contributed by atoms with Gasteiger partial charge in [-0.2, -0.15) is 0 Å². The number of rotatable bonds is 2. The van der Waals surface area contributed by atoms with Crippen LogP contribution in [0.25, 0.3) is 0 Å². The van der Waals surface area contributed by atoms with E-state index in [9.17, 15) is 0 Å². The van der Waals surface area contributed by atoms with Crippen LogP contribution in [0.5, 0.6) is 11.5 Å². The Bertz CT molecular complexity index is 289. The van der Waals surface area contributed by atoms with Crippen molar-refractivity contribution in [3.05, 3.63) is 15.7 Å². The molecule has 0 amide bonds. The van der Waals surface area contributed by atoms with Crippen LogP contribution < -0.4 is 15.2 Å². The smallest absolute Gasteiger partial charge is 0.174 e. The molecule has 0 fully saturated rings. The molecule has 0 unspecified atom stereocenters. The Morgan fingerprint density at radius 2 is 1.92 bits per heavy atom. The Labute approximate surface area is 85.0 Å². The topological polar surface area (TPSA) is 44.5 Å². The Balaban J connectivity index is 3.24. The number of ether oxygens (including phenoxy) is 2. The highest BCUT2D eigenvalue weighted by Crippen LogP contribution is 2.34. The molecule has 12 heavy (non-hydrogen) atoms. The van der Waals surface area contributed by atoms with E-state index in [-0.39, 0.29) is 0 Å². The Morgan fingerprint density at radius 1 is 1.25 bits per heavy atom. The summed E-state index contributed by atoms with van der Waals surface area (Å²) < 4.78 is 11.2. The maximum atomic E-state index is 5.62. The second-order valence-electron chi connectivity index (χ2n) is 2.24. The van der Waals surface area contributed by atoms with Gasteiger partial charge in [-0.25, -0.2) is 0 Å². The van der Waals surface area contributed by atoms with Gasteiger partial charge in [0.2, 0.25) is 0 Å². The van der Waals surface area contributed by atoms with Crippen molar-refractivity contribution >= 4 is 28.3 Å². The summed E-state index contributed by atoms with van der Waals surface area (Å²) >= 11 is 2.15. The van der Waals surface area contributed by atoms with Gasteiger partial charge in [-0.15, -0.1) is 0 Å². The third-order valence-electron chi connectivity index (χ3n) is 1.46. The van der Waals surface area contributed by atoms with Gasteiger partial charge >= 0.3 is 0 Å². The van der Waals surface area contributed by atoms with Crippen molar-refractivity contribution in [1.82, 2.24) is 0 Å². The first-order valence-electron chi connectivity index (χ1n) is 3.36. The predicted molar refractivity (Wildman–Crippen MR) is 56.7 cm³/mol. The van der Waals surface area contributed by atoms with Crippen LogP contribution in [0, 0.1) is 3.57 Å². The minimum atomic E-state index is 0.668. The average molecular weight is 279 g/mol. The van der Waals surface area contributed by atoms with Crippen molar-refractivity contribution in [3.8, 4) is 11.5 Å². The van der Waals surface area contributed by atoms with Gasteiger partial charge in [-0.1, -0.05) is 0 Å². The van der Waals surface area contributed by atoms with E-state index in [0.717, 1.165) is 9.32 Å². The normalized spacial score (nSPS) is 9.58. The molecule has 1 aromatic carbocycles. The van der Waals surface area contributed by atoms with Crippen LogP contribution in [0.15, 0.2) is 12.1 Å². The van der Waals surface area contributed by atoms with E-state index in [2.05, 4.69) is 22.6 Å². The second-order valence-corrected chi connectivity index (χ2v) is 3.40. The standard InChI is InChI=1S/C8H10INO2/c1-11-7-4-5(10)3-6(9)8(7)12-2/h3-4H,10H2,1-2H3. The van der Waals surface area contributed by atoms with Gasteiger partial charge in [0.25, 0.3) is 0 Å². The third-order valence-corrected chi connectivity index (χ3v) is 2.26. The lowest BCUT2D eigenvalue weighted by atomic mass is 10.3. The SMILES string of the molecule is COc1cc(N)cc(I)c1OC. The summed E-state index contributed by atoms with van der Waals surface area (Å²) in [4.78, 5) is 0. The average Bonchev–Trinajstić information content (AvgIpc) is 2.03. The van der Waals surface area contributed by atoms with Gasteiger partial charge in [0, 0.05) is 11.8 Å². The van der Waals surface area contributed by atoms with Crippen molar-refractivity contribution < 1.29 is 9.47 Å². The molecular weight excluding hydrogens is 269 g/mol. The van der Waals surface area contributed by atoms with Gasteiger partial charge in [-0.05, 0) is 28.7 Å². The molecule has 2 N–H and O–H groups in total. The Hall–Kier alpha value is -0.650. The summed E-state index contributed by atoms with van der Waals surface area (Å²) in [7, 11) is 3.20. The summed E-state index contributed by atoms with van der Waals surface area (Å²) in [5.74, 6) is 1.40. The van der Waals surface area contributed by atoms with Crippen molar-refractivity contribution in [2.45, 2.75) is 0 Å². The molecular formula is C8H10INO2. The predicted octanol–water partition coefficient (Wildman–Crippen LogP) is 1.89. The molecule has 0 saturated carbocycles. The molecule has 0 atom stereocenters. The number of anilines is 1. The van der Waals surface area contributed by atoms with E-state index in [1.54, 1.807) is 20.3 Å². The zero-order valence-corrected chi connectivity index (χ0v) is 9.08. The molecule has 0 aromatic heterocycles. The lowest BCUT2D eigenvalue weighted by Gasteiger charge is -2.09. The molecule has 0 spiro atoms. The maximum Gasteiger partial charge on any atom is 0.174 e. The van der Waals surface area contributed by atoms with Crippen molar-refractivity contribution in [2.24, 2.45) is 0 Å². The Morgan fingerprint density at radius 3 is 2.42 bits per heavy atom. The number of methoxy groups -OCH3 is 2. The summed E-state index contributed by atoms with van der Waals surface area (Å²) in [5.41, 5.74) is 6.30. The molecule has 1 rings (SSSR count). The van der Waals surface area contributed by atoms with Gasteiger partial charge in [0.1, 0.15) is 0 Å². The quantitative estimate of drug-likeness (QED) is 0.664. The minimum absolute atomic E-state index is 0.668. The second kappa shape index (κ2) is 3.84. The number of nitrogen functional groups attached to an aromatic ring is 1. The van der Waals surface area contributed by atoms with Crippen LogP contribution in [0.3, 0.4) is 0 Å². The van der Waals surface area contributed by atoms with E-state index in [1.807, 2.05) is 6.07 Å². The fraction of sp³-hybridized carbons (Fsp3) is 0.250. The highest BCUT2D eigenvalue weighted by atomic mass is 127. The first-order chi connectivity index (χ1) is 5.69. The van der Waals surface area contributed by atoms with E-state index in [4.69, 9.17) is 15.2 Å². The van der Waals surface area contributed by atoms with E-state index in [1.165, 1.54) is 0 Å². The first-order valence-corrected chi connectivity index (χ1v) is 4.44. The number of benzene rings is 1. The highest BCUT2D eigenvalue weighted by molar-refractivity contribution is 14.1. The van der Waals surface area contributed by atoms with Gasteiger partial charge in [0.15, 0.2) is 11.5 Å². The molecule has 66 valence electrons. The molecule has 0 heterocycles. The van der Waals surface area contributed by atoms with Gasteiger partial charge in [0.05, 0.1) is 17.8 Å². The van der Waals surface area contributed by atoms with Crippen LogP contribution in [0.4, 0.5) is 5.69 Å². The van der Waals surface area contributed by atoms with E-state index < -0.39 is 0 Å². The summed E-state index contributed by atoms with van der Waals surface area (Å²) in [6, 6.07) is 3.57. The fourth-order valence-electron chi connectivity index (χ4n) is 0.938. The highest BCUT2D eigenvalue weighted by Gasteiger charge is 2.08. The van der Waals surface area contributed by atoms with Crippen molar-refractivity contribution in [1.29, 1.82) is 0 Å². The van der Waals surface area contributed by atoms with Crippen LogP contribution >= 0.6 is 22.6 Å². The van der Waals surface area contributed by atoms with Gasteiger partial charge < -0.3 is 15.2 Å². The number of hydrogen-bond donors (Lipinski definition) is 1. The molecule has 3 nitrogen and oxygen atoms in total. The summed E-state index contributed by atoms with van der Waals surface area (Å²) in [5, 5.41) is 0. The summed E-state index contributed by atoms with van der Waals surface area (Å²) in [6.45, 7) is 0. The number of halogens is 1. The fourth-order valence-corrected chi connectivity index (χ4v) is 1.78. The summed E-state index contributed by atoms with van der Waals surface area (Å²) in [6.07, 6.45) is 0. The largest absolute Gasteiger partial charge is 0.493 e. The number of hydrogen-bond acceptors (Lipinski definition) is 3. The lowest BCUT2D eigenvalue weighted by molar-refractivity contribution is 0.353. The zero-order valence-electron chi connectivity index (χ0n) is 6.93. The van der Waals surface area contributed by atoms with Crippen LogP contribution in [-0.2, 0) is 0 Å². The zero-order chi connectivity index (χ0) is 9.14. The number of nitrogens with two attached hydrogens (primary N) is 1. The molecule has 0 radical (unpaired) electrons. The minimum Gasteiger partial charge on any atom is -0.493 e. The van der Waals surface area contributed by atoms with Crippen LogP contribution in [0.1, 0.15) is 0 Å². The molecule has 4 heteroatoms.